The van der Waals surface area contributed by atoms with E-state index in [-0.39, 0.29) is 47.3 Å². The summed E-state index contributed by atoms with van der Waals surface area (Å²) in [7, 11) is 1.35. The van der Waals surface area contributed by atoms with Crippen molar-refractivity contribution >= 4 is 57.3 Å². The van der Waals surface area contributed by atoms with Crippen molar-refractivity contribution in [3.05, 3.63) is 124 Å². The molecule has 0 aliphatic carbocycles. The Morgan fingerprint density at radius 2 is 1.60 bits per heavy atom. The number of urea groups is 1. The van der Waals surface area contributed by atoms with Crippen LogP contribution in [0.1, 0.15) is 49.2 Å². The Bertz CT molecular complexity index is 2430. The van der Waals surface area contributed by atoms with Gasteiger partial charge >= 0.3 is 12.0 Å². The smallest absolute Gasteiger partial charge is 0.350 e. The molecule has 5 aromatic rings. The lowest BCUT2D eigenvalue weighted by Gasteiger charge is -2.31. The van der Waals surface area contributed by atoms with Gasteiger partial charge in [0.2, 0.25) is 0 Å². The molecule has 0 radical (unpaired) electrons. The Hall–Kier alpha value is -6.96. The minimum atomic E-state index is -1.35. The number of benzene rings is 5. The zero-order chi connectivity index (χ0) is 41.4. The lowest BCUT2D eigenvalue weighted by molar-refractivity contribution is -0.384. The van der Waals surface area contributed by atoms with Gasteiger partial charge in [-0.25, -0.2) is 4.79 Å². The fraction of sp³-hybridized carbons (Fsp3) is 0.256. The summed E-state index contributed by atoms with van der Waals surface area (Å²) in [6.45, 7) is 10.1. The van der Waals surface area contributed by atoms with Gasteiger partial charge in [0.1, 0.15) is 23.5 Å². The number of esters is 1. The summed E-state index contributed by atoms with van der Waals surface area (Å²) < 4.78 is 12.0. The van der Waals surface area contributed by atoms with Crippen molar-refractivity contribution in [1.82, 2.24) is 5.01 Å². The molecule has 5 aromatic carbocycles. The first-order chi connectivity index (χ1) is 26.9. The third-order valence-electron chi connectivity index (χ3n) is 9.70. The summed E-state index contributed by atoms with van der Waals surface area (Å²) in [4.78, 5) is 67.8. The molecule has 0 saturated carbocycles. The molecule has 14 heteroatoms. The van der Waals surface area contributed by atoms with Crippen LogP contribution in [0.2, 0.25) is 0 Å². The van der Waals surface area contributed by atoms with Crippen LogP contribution >= 0.6 is 0 Å². The van der Waals surface area contributed by atoms with Crippen molar-refractivity contribution in [2.75, 3.05) is 35.4 Å². The summed E-state index contributed by atoms with van der Waals surface area (Å²) in [5, 5.41) is 29.3. The number of fused-ring (bicyclic) bond motifs is 1. The van der Waals surface area contributed by atoms with E-state index < -0.39 is 39.6 Å². The molecule has 57 heavy (non-hydrogen) atoms. The van der Waals surface area contributed by atoms with Gasteiger partial charge in [-0.05, 0) is 83.0 Å². The van der Waals surface area contributed by atoms with Crippen molar-refractivity contribution in [3.63, 3.8) is 0 Å². The Morgan fingerprint density at radius 1 is 0.930 bits per heavy atom. The second-order valence-electron chi connectivity index (χ2n) is 15.3. The van der Waals surface area contributed by atoms with E-state index in [2.05, 4.69) is 5.32 Å². The van der Waals surface area contributed by atoms with E-state index in [0.29, 0.717) is 22.1 Å². The van der Waals surface area contributed by atoms with Gasteiger partial charge in [-0.15, -0.1) is 0 Å². The lowest BCUT2D eigenvalue weighted by atomic mass is 9.91. The first kappa shape index (κ1) is 39.7. The summed E-state index contributed by atoms with van der Waals surface area (Å²) >= 11 is 0. The highest BCUT2D eigenvalue weighted by atomic mass is 16.6. The molecular formula is C43H43N5O9. The van der Waals surface area contributed by atoms with Crippen molar-refractivity contribution in [2.45, 2.75) is 41.5 Å². The number of hydrazine groups is 1. The molecule has 6 rings (SSSR count). The average molecular weight is 774 g/mol. The Morgan fingerprint density at radius 3 is 2.26 bits per heavy atom. The monoisotopic (exact) mass is 773 g/mol. The number of aryl methyl sites for hydroxylation is 2. The molecule has 1 aliphatic heterocycles. The fourth-order valence-corrected chi connectivity index (χ4v) is 6.36. The van der Waals surface area contributed by atoms with E-state index in [0.717, 1.165) is 27.1 Å². The quantitative estimate of drug-likeness (QED) is 0.0840. The highest BCUT2D eigenvalue weighted by Gasteiger charge is 2.53. The molecule has 1 heterocycles. The molecule has 1 aliphatic rings. The number of carbonyl (C=O) groups excluding carboxylic acids is 4. The SMILES string of the molecule is Cc1ccc(C)c(NC(=O)c2cc(Oc3ccc([N+](=O)[O-])cc3N(C)C(=O)N3C(=O)C(C)(COC(=O)C(C)(C)C)CN3c3ccccc3)c3ccccc3c2O)c1. The van der Waals surface area contributed by atoms with Crippen LogP contribution in [0.3, 0.4) is 0 Å². The molecule has 1 saturated heterocycles. The van der Waals surface area contributed by atoms with E-state index in [4.69, 9.17) is 9.47 Å². The second kappa shape index (κ2) is 15.3. The predicted molar refractivity (Wildman–Crippen MR) is 216 cm³/mol. The Balaban J connectivity index is 1.40. The van der Waals surface area contributed by atoms with Crippen molar-refractivity contribution in [3.8, 4) is 17.2 Å². The fourth-order valence-electron chi connectivity index (χ4n) is 6.36. The number of para-hydroxylation sites is 1. The second-order valence-corrected chi connectivity index (χ2v) is 15.3. The van der Waals surface area contributed by atoms with Crippen LogP contribution in [-0.2, 0) is 14.3 Å². The summed E-state index contributed by atoms with van der Waals surface area (Å²) in [5.74, 6) is -2.02. The predicted octanol–water partition coefficient (Wildman–Crippen LogP) is 8.53. The summed E-state index contributed by atoms with van der Waals surface area (Å²) in [6, 6.07) is 25.1. The van der Waals surface area contributed by atoms with E-state index >= 15 is 0 Å². The van der Waals surface area contributed by atoms with Crippen LogP contribution in [0.25, 0.3) is 10.8 Å². The molecule has 2 N–H and O–H groups in total. The number of phenols is 1. The number of anilines is 3. The van der Waals surface area contributed by atoms with Crippen molar-refractivity contribution < 1.29 is 38.7 Å². The van der Waals surface area contributed by atoms with Gasteiger partial charge in [-0.2, -0.15) is 5.01 Å². The number of carbonyl (C=O) groups is 4. The van der Waals surface area contributed by atoms with Gasteiger partial charge in [0, 0.05) is 35.6 Å². The number of amides is 4. The maximum Gasteiger partial charge on any atom is 0.350 e. The van der Waals surface area contributed by atoms with Crippen LogP contribution in [0, 0.1) is 34.8 Å². The number of aromatic hydroxyl groups is 1. The topological polar surface area (TPSA) is 172 Å². The number of hydrogen-bond acceptors (Lipinski definition) is 10. The molecule has 1 unspecified atom stereocenters. The first-order valence-electron chi connectivity index (χ1n) is 18.1. The van der Waals surface area contributed by atoms with Crippen molar-refractivity contribution in [1.29, 1.82) is 0 Å². The number of ether oxygens (including phenoxy) is 2. The number of nitrogens with zero attached hydrogens (tertiary/aromatic N) is 4. The number of imide groups is 1. The molecule has 4 amide bonds. The first-order valence-corrected chi connectivity index (χ1v) is 18.1. The number of nitro groups is 1. The highest BCUT2D eigenvalue weighted by molar-refractivity contribution is 6.12. The molecule has 1 atom stereocenters. The molecular weight excluding hydrogens is 730 g/mol. The van der Waals surface area contributed by atoms with Gasteiger partial charge in [0.25, 0.3) is 17.5 Å². The molecule has 0 spiro atoms. The maximum absolute atomic E-state index is 14.6. The normalized spacial score (nSPS) is 15.4. The number of rotatable bonds is 9. The van der Waals surface area contributed by atoms with Gasteiger partial charge < -0.3 is 19.9 Å². The Labute approximate surface area is 329 Å². The number of nitrogens with one attached hydrogen (secondary N) is 1. The highest BCUT2D eigenvalue weighted by Crippen LogP contribution is 2.43. The number of non-ortho nitro benzene ring substituents is 1. The van der Waals surface area contributed by atoms with Crippen LogP contribution in [0.15, 0.2) is 97.1 Å². The summed E-state index contributed by atoms with van der Waals surface area (Å²) in [6.07, 6.45) is 0. The zero-order valence-corrected chi connectivity index (χ0v) is 32.7. The molecule has 294 valence electrons. The van der Waals surface area contributed by atoms with E-state index in [1.807, 2.05) is 32.0 Å². The van der Waals surface area contributed by atoms with Crippen LogP contribution in [0.4, 0.5) is 27.5 Å². The van der Waals surface area contributed by atoms with E-state index in [1.165, 1.54) is 30.3 Å². The third kappa shape index (κ3) is 7.92. The minimum Gasteiger partial charge on any atom is -0.506 e. The van der Waals surface area contributed by atoms with Crippen LogP contribution < -0.4 is 20.0 Å². The zero-order valence-electron chi connectivity index (χ0n) is 32.7. The minimum absolute atomic E-state index is 0.0302. The average Bonchev–Trinajstić information content (AvgIpc) is 3.45. The van der Waals surface area contributed by atoms with Gasteiger partial charge in [-0.3, -0.25) is 34.4 Å². The largest absolute Gasteiger partial charge is 0.506 e. The summed E-state index contributed by atoms with van der Waals surface area (Å²) in [5.41, 5.74) is 0.0331. The lowest BCUT2D eigenvalue weighted by Crippen LogP contribution is -2.50. The van der Waals surface area contributed by atoms with E-state index in [1.54, 1.807) is 82.3 Å². The van der Waals surface area contributed by atoms with Gasteiger partial charge in [-0.1, -0.05) is 54.6 Å². The van der Waals surface area contributed by atoms with E-state index in [9.17, 15) is 34.4 Å². The Kier molecular flexibility index (Phi) is 10.7. The molecule has 1 fully saturated rings. The third-order valence-corrected chi connectivity index (χ3v) is 9.70. The number of hydrogen-bond donors (Lipinski definition) is 2. The van der Waals surface area contributed by atoms with Crippen LogP contribution in [0.5, 0.6) is 17.2 Å². The number of phenolic OH excluding ortho intramolecular Hbond substituents is 1. The number of nitro benzene ring substituents is 1. The molecule has 0 aromatic heterocycles. The maximum atomic E-state index is 14.6. The van der Waals surface area contributed by atoms with Crippen LogP contribution in [-0.4, -0.2) is 59.1 Å². The van der Waals surface area contributed by atoms with Crippen molar-refractivity contribution in [2.24, 2.45) is 10.8 Å². The molecule has 14 nitrogen and oxygen atoms in total. The van der Waals surface area contributed by atoms with Gasteiger partial charge in [0.05, 0.1) is 33.8 Å². The van der Waals surface area contributed by atoms with Gasteiger partial charge in [0.15, 0.2) is 5.75 Å². The standard InChI is InChI=1S/C43H43N5O9/c1-26-17-18-27(2)33(21-26)44-38(50)32-23-36(30-15-11-12-16-31(30)37(32)49)57-35-20-19-29(48(54)55)22-34(35)45(7)41(53)47-39(51)43(6,25-56-40(52)42(3,4)5)24-46(47)28-13-9-8-10-14-28/h8-23,49H,24-25H2,1-7H3,(H,44,50). The molecule has 0 bridgehead atoms.